The molecule has 0 fully saturated rings. The molecule has 33 heavy (non-hydrogen) atoms. The third-order valence-electron chi connectivity index (χ3n) is 5.99. The molecule has 0 aliphatic rings. The van der Waals surface area contributed by atoms with E-state index in [4.69, 9.17) is 5.73 Å². The van der Waals surface area contributed by atoms with Gasteiger partial charge in [-0.2, -0.15) is 13.2 Å². The van der Waals surface area contributed by atoms with Crippen LogP contribution in [-0.2, 0) is 22.8 Å². The Morgan fingerprint density at radius 3 is 1.94 bits per heavy atom. The van der Waals surface area contributed by atoms with E-state index in [0.29, 0.717) is 17.7 Å². The predicted octanol–water partition coefficient (Wildman–Crippen LogP) is 5.14. The SMILES string of the molecule is CCC(O)(C(N)=O)[C@@](Cc1ccccc1)(c1ccc(F)cc1)c1cc(F)cc(C(F)(F)F)c1. The van der Waals surface area contributed by atoms with Crippen molar-refractivity contribution in [1.82, 2.24) is 0 Å². The highest BCUT2D eigenvalue weighted by Gasteiger charge is 2.56. The molecule has 8 heteroatoms. The average Bonchev–Trinajstić information content (AvgIpc) is 2.77. The van der Waals surface area contributed by atoms with Crippen LogP contribution < -0.4 is 5.73 Å². The monoisotopic (exact) mass is 463 g/mol. The number of aliphatic hydroxyl groups is 1. The van der Waals surface area contributed by atoms with Crippen molar-refractivity contribution in [2.75, 3.05) is 0 Å². The third kappa shape index (κ3) is 4.48. The van der Waals surface area contributed by atoms with Gasteiger partial charge in [0.2, 0.25) is 0 Å². The second-order valence-electron chi connectivity index (χ2n) is 7.88. The second kappa shape index (κ2) is 8.94. The zero-order chi connectivity index (χ0) is 24.4. The van der Waals surface area contributed by atoms with Crippen LogP contribution in [-0.4, -0.2) is 16.6 Å². The normalized spacial score (nSPS) is 15.5. The van der Waals surface area contributed by atoms with Gasteiger partial charge >= 0.3 is 6.18 Å². The molecule has 0 aromatic heterocycles. The van der Waals surface area contributed by atoms with Crippen molar-refractivity contribution in [3.8, 4) is 0 Å². The van der Waals surface area contributed by atoms with E-state index in [9.17, 15) is 31.9 Å². The number of hydrogen-bond acceptors (Lipinski definition) is 2. The lowest BCUT2D eigenvalue weighted by Gasteiger charge is -2.46. The number of rotatable bonds is 7. The quantitative estimate of drug-likeness (QED) is 0.477. The van der Waals surface area contributed by atoms with Gasteiger partial charge in [-0.05, 0) is 59.9 Å². The smallest absolute Gasteiger partial charge is 0.379 e. The van der Waals surface area contributed by atoms with Crippen LogP contribution in [0.4, 0.5) is 22.0 Å². The van der Waals surface area contributed by atoms with Gasteiger partial charge in [-0.3, -0.25) is 4.79 Å². The van der Waals surface area contributed by atoms with Gasteiger partial charge in [-0.25, -0.2) is 8.78 Å². The fraction of sp³-hybridized carbons (Fsp3) is 0.240. The first-order valence-electron chi connectivity index (χ1n) is 10.1. The maximum Gasteiger partial charge on any atom is 0.416 e. The molecule has 3 N–H and O–H groups in total. The fourth-order valence-electron chi connectivity index (χ4n) is 4.32. The minimum Gasteiger partial charge on any atom is -0.379 e. The summed E-state index contributed by atoms with van der Waals surface area (Å²) in [7, 11) is 0. The van der Waals surface area contributed by atoms with E-state index in [-0.39, 0.29) is 24.0 Å². The van der Waals surface area contributed by atoms with Crippen LogP contribution in [0.15, 0.2) is 72.8 Å². The van der Waals surface area contributed by atoms with Crippen molar-refractivity contribution < 1.29 is 31.9 Å². The summed E-state index contributed by atoms with van der Waals surface area (Å²) in [6.45, 7) is 1.44. The molecular weight excluding hydrogens is 441 g/mol. The summed E-state index contributed by atoms with van der Waals surface area (Å²) < 4.78 is 69.1. The number of nitrogens with two attached hydrogens (primary N) is 1. The molecular formula is C25H22F5NO2. The van der Waals surface area contributed by atoms with Crippen molar-refractivity contribution >= 4 is 5.91 Å². The lowest BCUT2D eigenvalue weighted by Crippen LogP contribution is -2.61. The van der Waals surface area contributed by atoms with Crippen LogP contribution in [0.5, 0.6) is 0 Å². The molecule has 0 saturated heterocycles. The van der Waals surface area contributed by atoms with Crippen molar-refractivity contribution in [2.24, 2.45) is 5.73 Å². The molecule has 3 aromatic rings. The third-order valence-corrected chi connectivity index (χ3v) is 5.99. The number of halogens is 5. The Bertz CT molecular complexity index is 1130. The van der Waals surface area contributed by atoms with E-state index in [1.54, 1.807) is 30.3 Å². The van der Waals surface area contributed by atoms with Crippen LogP contribution in [0.1, 0.15) is 35.6 Å². The molecule has 174 valence electrons. The molecule has 3 nitrogen and oxygen atoms in total. The molecule has 0 saturated carbocycles. The molecule has 0 spiro atoms. The highest BCUT2D eigenvalue weighted by molar-refractivity contribution is 5.87. The Morgan fingerprint density at radius 2 is 1.42 bits per heavy atom. The largest absolute Gasteiger partial charge is 0.416 e. The number of amides is 1. The summed E-state index contributed by atoms with van der Waals surface area (Å²) in [5, 5.41) is 11.7. The Morgan fingerprint density at radius 1 is 0.848 bits per heavy atom. The van der Waals surface area contributed by atoms with E-state index >= 15 is 0 Å². The maximum absolute atomic E-state index is 14.5. The fourth-order valence-corrected chi connectivity index (χ4v) is 4.32. The van der Waals surface area contributed by atoms with E-state index in [0.717, 1.165) is 18.2 Å². The van der Waals surface area contributed by atoms with Crippen LogP contribution in [0, 0.1) is 11.6 Å². The zero-order valence-electron chi connectivity index (χ0n) is 17.7. The predicted molar refractivity (Wildman–Crippen MR) is 113 cm³/mol. The number of benzene rings is 3. The number of hydrogen-bond donors (Lipinski definition) is 2. The Balaban J connectivity index is 2.48. The molecule has 2 atom stereocenters. The minimum absolute atomic E-state index is 0.106. The first-order valence-corrected chi connectivity index (χ1v) is 10.1. The van der Waals surface area contributed by atoms with E-state index in [1.807, 2.05) is 0 Å². The lowest BCUT2D eigenvalue weighted by atomic mass is 9.58. The highest BCUT2D eigenvalue weighted by Crippen LogP contribution is 2.48. The molecule has 1 unspecified atom stereocenters. The van der Waals surface area contributed by atoms with Gasteiger partial charge in [-0.1, -0.05) is 49.4 Å². The second-order valence-corrected chi connectivity index (χ2v) is 7.88. The van der Waals surface area contributed by atoms with Crippen molar-refractivity contribution in [3.63, 3.8) is 0 Å². The summed E-state index contributed by atoms with van der Waals surface area (Å²) in [4.78, 5) is 12.7. The van der Waals surface area contributed by atoms with Crippen LogP contribution in [0.2, 0.25) is 0 Å². The summed E-state index contributed by atoms with van der Waals surface area (Å²) in [5.41, 5.74) is 0.232. The Hall–Kier alpha value is -3.26. The summed E-state index contributed by atoms with van der Waals surface area (Å²) >= 11 is 0. The van der Waals surface area contributed by atoms with Gasteiger partial charge in [0.15, 0.2) is 5.60 Å². The zero-order valence-corrected chi connectivity index (χ0v) is 17.7. The van der Waals surface area contributed by atoms with E-state index in [1.165, 1.54) is 19.1 Å². The topological polar surface area (TPSA) is 63.3 Å². The van der Waals surface area contributed by atoms with Crippen LogP contribution in [0.3, 0.4) is 0 Å². The highest BCUT2D eigenvalue weighted by atomic mass is 19.4. The summed E-state index contributed by atoms with van der Waals surface area (Å²) in [6.07, 6.45) is -5.41. The summed E-state index contributed by atoms with van der Waals surface area (Å²) in [6, 6.07) is 14.8. The molecule has 0 radical (unpaired) electrons. The maximum atomic E-state index is 14.5. The molecule has 1 amide bonds. The summed E-state index contributed by atoms with van der Waals surface area (Å²) in [5.74, 6) is -3.05. The van der Waals surface area contributed by atoms with Crippen molar-refractivity contribution in [3.05, 3.63) is 107 Å². The number of alkyl halides is 3. The first kappa shape index (κ1) is 24.4. The van der Waals surface area contributed by atoms with E-state index in [2.05, 4.69) is 0 Å². The van der Waals surface area contributed by atoms with Gasteiger partial charge in [0.05, 0.1) is 11.0 Å². The van der Waals surface area contributed by atoms with E-state index < -0.39 is 40.3 Å². The molecule has 0 heterocycles. The van der Waals surface area contributed by atoms with Gasteiger partial charge < -0.3 is 10.8 Å². The van der Waals surface area contributed by atoms with Gasteiger partial charge in [0.25, 0.3) is 5.91 Å². The van der Waals surface area contributed by atoms with Gasteiger partial charge in [0, 0.05) is 0 Å². The van der Waals surface area contributed by atoms with Crippen molar-refractivity contribution in [1.29, 1.82) is 0 Å². The van der Waals surface area contributed by atoms with Crippen LogP contribution in [0.25, 0.3) is 0 Å². The van der Waals surface area contributed by atoms with Gasteiger partial charge in [0.1, 0.15) is 11.6 Å². The van der Waals surface area contributed by atoms with Gasteiger partial charge in [-0.15, -0.1) is 0 Å². The lowest BCUT2D eigenvalue weighted by molar-refractivity contribution is -0.143. The average molecular weight is 463 g/mol. The molecule has 0 aliphatic heterocycles. The molecule has 0 aliphatic carbocycles. The number of primary amides is 1. The van der Waals surface area contributed by atoms with Crippen molar-refractivity contribution in [2.45, 2.75) is 37.0 Å². The Kier molecular flexibility index (Phi) is 6.61. The molecule has 3 rings (SSSR count). The number of carbonyl (C=O) groups excluding carboxylic acids is 1. The molecule has 0 bridgehead atoms. The number of carbonyl (C=O) groups is 1. The Labute approximate surface area is 187 Å². The first-order chi connectivity index (χ1) is 15.4. The minimum atomic E-state index is -4.89. The molecule has 3 aromatic carbocycles. The van der Waals surface area contributed by atoms with Crippen LogP contribution >= 0.6 is 0 Å². The standard InChI is InChI=1S/C25H22F5NO2/c1-2-24(33,22(31)32)23(15-16-6-4-3-5-7-16,17-8-10-20(26)11-9-17)18-12-19(25(28,29)30)14-21(27)13-18/h3-14,33H,2,15H2,1H3,(H2,31,32)/t23-,24?/m0/s1.